The van der Waals surface area contributed by atoms with Gasteiger partial charge in [0.05, 0.1) is 5.56 Å². The average Bonchev–Trinajstić information content (AvgIpc) is 2.80. The minimum absolute atomic E-state index is 0.00362. The van der Waals surface area contributed by atoms with E-state index in [4.69, 9.17) is 0 Å². The number of carbonyl (C=O) groups excluding carboxylic acids is 2. The van der Waals surface area contributed by atoms with Gasteiger partial charge in [0.2, 0.25) is 0 Å². The van der Waals surface area contributed by atoms with Crippen molar-refractivity contribution in [2.45, 2.75) is 52.9 Å². The number of urea groups is 1. The van der Waals surface area contributed by atoms with E-state index in [1.807, 2.05) is 61.2 Å². The van der Waals surface area contributed by atoms with Crippen molar-refractivity contribution < 1.29 is 9.59 Å². The van der Waals surface area contributed by atoms with Crippen molar-refractivity contribution in [1.29, 1.82) is 0 Å². The number of amides is 3. The predicted octanol–water partition coefficient (Wildman–Crippen LogP) is 5.93. The standard InChI is InChI=1S/C26H36N4O2/c1-5-29(6-2)25(31)23-18-22(14-15-24(23)30-16-8-7-9-17-30)28-26(32)27-21-12-10-20(11-13-21)19(3)4/h10-15,18-19H,5-9,16-17H2,1-4H3,(H2,27,28,32). The number of hydrogen-bond donors (Lipinski definition) is 2. The van der Waals surface area contributed by atoms with Crippen LogP contribution in [0.25, 0.3) is 0 Å². The largest absolute Gasteiger partial charge is 0.371 e. The summed E-state index contributed by atoms with van der Waals surface area (Å²) in [4.78, 5) is 30.0. The van der Waals surface area contributed by atoms with Crippen LogP contribution in [-0.2, 0) is 0 Å². The Morgan fingerprint density at radius 3 is 2.09 bits per heavy atom. The first-order valence-corrected chi connectivity index (χ1v) is 11.8. The summed E-state index contributed by atoms with van der Waals surface area (Å²) < 4.78 is 0. The number of piperidine rings is 1. The van der Waals surface area contributed by atoms with Crippen molar-refractivity contribution in [3.63, 3.8) is 0 Å². The molecule has 0 unspecified atom stereocenters. The molecule has 1 aliphatic rings. The molecule has 0 saturated carbocycles. The van der Waals surface area contributed by atoms with Gasteiger partial charge in [0.25, 0.3) is 5.91 Å². The highest BCUT2D eigenvalue weighted by atomic mass is 16.2. The molecule has 32 heavy (non-hydrogen) atoms. The Balaban J connectivity index is 1.79. The SMILES string of the molecule is CCN(CC)C(=O)c1cc(NC(=O)Nc2ccc(C(C)C)cc2)ccc1N1CCCCC1. The quantitative estimate of drug-likeness (QED) is 0.566. The Bertz CT molecular complexity index is 914. The number of hydrogen-bond acceptors (Lipinski definition) is 3. The lowest BCUT2D eigenvalue weighted by Gasteiger charge is -2.31. The van der Waals surface area contributed by atoms with Crippen LogP contribution in [0.2, 0.25) is 0 Å². The Morgan fingerprint density at radius 2 is 1.50 bits per heavy atom. The molecule has 1 saturated heterocycles. The zero-order valence-corrected chi connectivity index (χ0v) is 19.8. The van der Waals surface area contributed by atoms with E-state index in [0.29, 0.717) is 30.3 Å². The maximum atomic E-state index is 13.3. The number of nitrogens with zero attached hydrogens (tertiary/aromatic N) is 2. The van der Waals surface area contributed by atoms with Crippen LogP contribution in [0.1, 0.15) is 68.8 Å². The molecule has 1 heterocycles. The molecule has 1 fully saturated rings. The summed E-state index contributed by atoms with van der Waals surface area (Å²) in [6.45, 7) is 11.5. The molecule has 2 aromatic rings. The summed E-state index contributed by atoms with van der Waals surface area (Å²) in [5.74, 6) is 0.446. The zero-order chi connectivity index (χ0) is 23.1. The molecule has 172 valence electrons. The van der Waals surface area contributed by atoms with E-state index in [0.717, 1.165) is 37.3 Å². The van der Waals surface area contributed by atoms with Gasteiger partial charge in [-0.1, -0.05) is 26.0 Å². The molecule has 0 aliphatic carbocycles. The van der Waals surface area contributed by atoms with Crippen LogP contribution >= 0.6 is 0 Å². The highest BCUT2D eigenvalue weighted by Gasteiger charge is 2.22. The Labute approximate surface area is 192 Å². The van der Waals surface area contributed by atoms with Gasteiger partial charge in [0.15, 0.2) is 0 Å². The van der Waals surface area contributed by atoms with Gasteiger partial charge in [-0.15, -0.1) is 0 Å². The second-order valence-electron chi connectivity index (χ2n) is 8.61. The molecular weight excluding hydrogens is 400 g/mol. The lowest BCUT2D eigenvalue weighted by molar-refractivity contribution is 0.0773. The minimum atomic E-state index is -0.325. The highest BCUT2D eigenvalue weighted by molar-refractivity contribution is 6.04. The molecule has 3 rings (SSSR count). The van der Waals surface area contributed by atoms with E-state index in [-0.39, 0.29) is 11.9 Å². The molecule has 0 aromatic heterocycles. The van der Waals surface area contributed by atoms with Crippen molar-refractivity contribution in [2.75, 3.05) is 41.7 Å². The predicted molar refractivity (Wildman–Crippen MR) is 133 cm³/mol. The van der Waals surface area contributed by atoms with Gasteiger partial charge in [-0.3, -0.25) is 4.79 Å². The van der Waals surface area contributed by atoms with Crippen molar-refractivity contribution in [3.8, 4) is 0 Å². The third-order valence-electron chi connectivity index (χ3n) is 6.07. The summed E-state index contributed by atoms with van der Waals surface area (Å²) in [7, 11) is 0. The van der Waals surface area contributed by atoms with E-state index in [2.05, 4.69) is 29.4 Å². The molecule has 3 amide bonds. The molecule has 6 heteroatoms. The zero-order valence-electron chi connectivity index (χ0n) is 19.8. The number of benzene rings is 2. The molecule has 0 spiro atoms. The Kier molecular flexibility index (Phi) is 8.14. The third kappa shape index (κ3) is 5.81. The van der Waals surface area contributed by atoms with Gasteiger partial charge >= 0.3 is 6.03 Å². The number of anilines is 3. The third-order valence-corrected chi connectivity index (χ3v) is 6.07. The molecular formula is C26H36N4O2. The molecule has 2 aromatic carbocycles. The number of carbonyl (C=O) groups is 2. The van der Waals surface area contributed by atoms with Gasteiger partial charge in [-0.25, -0.2) is 4.79 Å². The van der Waals surface area contributed by atoms with E-state index in [1.165, 1.54) is 12.0 Å². The van der Waals surface area contributed by atoms with Crippen LogP contribution in [0, 0.1) is 0 Å². The van der Waals surface area contributed by atoms with Gasteiger partial charge in [-0.2, -0.15) is 0 Å². The van der Waals surface area contributed by atoms with E-state index < -0.39 is 0 Å². The van der Waals surface area contributed by atoms with E-state index in [1.54, 1.807) is 0 Å². The monoisotopic (exact) mass is 436 g/mol. The molecule has 0 atom stereocenters. The summed E-state index contributed by atoms with van der Waals surface area (Å²) in [5.41, 5.74) is 4.17. The van der Waals surface area contributed by atoms with Crippen LogP contribution < -0.4 is 15.5 Å². The molecule has 2 N–H and O–H groups in total. The highest BCUT2D eigenvalue weighted by Crippen LogP contribution is 2.28. The summed E-state index contributed by atoms with van der Waals surface area (Å²) >= 11 is 0. The molecule has 0 radical (unpaired) electrons. The van der Waals surface area contributed by atoms with Crippen LogP contribution in [0.3, 0.4) is 0 Å². The van der Waals surface area contributed by atoms with Gasteiger partial charge in [-0.05, 0) is 74.9 Å². The molecule has 0 bridgehead atoms. The smallest absolute Gasteiger partial charge is 0.323 e. The number of rotatable bonds is 7. The average molecular weight is 437 g/mol. The van der Waals surface area contributed by atoms with Crippen molar-refractivity contribution >= 4 is 29.0 Å². The molecule has 6 nitrogen and oxygen atoms in total. The minimum Gasteiger partial charge on any atom is -0.371 e. The first kappa shape index (κ1) is 23.6. The van der Waals surface area contributed by atoms with Crippen LogP contribution in [-0.4, -0.2) is 43.0 Å². The lowest BCUT2D eigenvalue weighted by Crippen LogP contribution is -2.35. The lowest BCUT2D eigenvalue weighted by atomic mass is 10.0. The van der Waals surface area contributed by atoms with E-state index >= 15 is 0 Å². The Hall–Kier alpha value is -3.02. The Morgan fingerprint density at radius 1 is 0.906 bits per heavy atom. The first-order chi connectivity index (χ1) is 15.4. The van der Waals surface area contributed by atoms with E-state index in [9.17, 15) is 9.59 Å². The fraction of sp³-hybridized carbons (Fsp3) is 0.462. The number of nitrogens with one attached hydrogen (secondary N) is 2. The second-order valence-corrected chi connectivity index (χ2v) is 8.61. The van der Waals surface area contributed by atoms with Crippen molar-refractivity contribution in [1.82, 2.24) is 4.90 Å². The topological polar surface area (TPSA) is 64.7 Å². The maximum Gasteiger partial charge on any atom is 0.323 e. The normalized spacial score (nSPS) is 13.7. The second kappa shape index (κ2) is 11.0. The van der Waals surface area contributed by atoms with Crippen LogP contribution in [0.15, 0.2) is 42.5 Å². The van der Waals surface area contributed by atoms with Crippen LogP contribution in [0.5, 0.6) is 0 Å². The summed E-state index contributed by atoms with van der Waals surface area (Å²) in [6.07, 6.45) is 3.50. The van der Waals surface area contributed by atoms with Crippen molar-refractivity contribution in [3.05, 3.63) is 53.6 Å². The summed E-state index contributed by atoms with van der Waals surface area (Å²) in [5, 5.41) is 5.76. The fourth-order valence-corrected chi connectivity index (χ4v) is 4.12. The van der Waals surface area contributed by atoms with Gasteiger partial charge < -0.3 is 20.4 Å². The molecule has 1 aliphatic heterocycles. The maximum absolute atomic E-state index is 13.3. The van der Waals surface area contributed by atoms with Gasteiger partial charge in [0, 0.05) is 43.2 Å². The summed E-state index contributed by atoms with van der Waals surface area (Å²) in [6, 6.07) is 13.2. The fourth-order valence-electron chi connectivity index (χ4n) is 4.12. The van der Waals surface area contributed by atoms with Crippen LogP contribution in [0.4, 0.5) is 21.9 Å². The first-order valence-electron chi connectivity index (χ1n) is 11.8. The van der Waals surface area contributed by atoms with Crippen molar-refractivity contribution in [2.24, 2.45) is 0 Å². The van der Waals surface area contributed by atoms with Gasteiger partial charge in [0.1, 0.15) is 0 Å².